The first-order valence-corrected chi connectivity index (χ1v) is 8.30. The molecule has 0 saturated carbocycles. The van der Waals surface area contributed by atoms with E-state index >= 15 is 0 Å². The van der Waals surface area contributed by atoms with Gasteiger partial charge in [0.05, 0.1) is 20.3 Å². The maximum atomic E-state index is 12.1. The molecular weight excluding hydrogens is 318 g/mol. The Morgan fingerprint density at radius 3 is 2.32 bits per heavy atom. The van der Waals surface area contributed by atoms with Gasteiger partial charge in [-0.05, 0) is 43.2 Å². The second-order valence-corrected chi connectivity index (χ2v) is 5.78. The van der Waals surface area contributed by atoms with Crippen LogP contribution in [0.15, 0.2) is 48.5 Å². The Morgan fingerprint density at radius 1 is 1.00 bits per heavy atom. The highest BCUT2D eigenvalue weighted by Crippen LogP contribution is 2.25. The van der Waals surface area contributed by atoms with E-state index in [0.717, 1.165) is 11.3 Å². The van der Waals surface area contributed by atoms with E-state index in [1.54, 1.807) is 14.2 Å². The molecule has 2 aromatic rings. The standard InChI is InChI=1S/C20H25NO4/c1-15(14-25-19-7-5-4-6-18(19)24-3)21-20(22)13-10-16-8-11-17(23-2)12-9-16/h4-9,11-12,15H,10,13-14H2,1-3H3,(H,21,22)/t15-/m0/s1. The molecule has 2 rings (SSSR count). The number of carbonyl (C=O) groups excluding carboxylic acids is 1. The van der Waals surface area contributed by atoms with Crippen molar-refractivity contribution in [3.05, 3.63) is 54.1 Å². The maximum Gasteiger partial charge on any atom is 0.220 e. The first-order valence-electron chi connectivity index (χ1n) is 8.30. The summed E-state index contributed by atoms with van der Waals surface area (Å²) in [5.41, 5.74) is 1.11. The number of aryl methyl sites for hydroxylation is 1. The molecule has 0 bridgehead atoms. The smallest absolute Gasteiger partial charge is 0.220 e. The molecule has 1 amide bonds. The number of methoxy groups -OCH3 is 2. The van der Waals surface area contributed by atoms with Crippen LogP contribution in [0, 0.1) is 0 Å². The van der Waals surface area contributed by atoms with Gasteiger partial charge in [-0.15, -0.1) is 0 Å². The highest BCUT2D eigenvalue weighted by Gasteiger charge is 2.10. The van der Waals surface area contributed by atoms with Crippen LogP contribution in [-0.2, 0) is 11.2 Å². The minimum absolute atomic E-state index is 0.00643. The number of hydrogen-bond acceptors (Lipinski definition) is 4. The molecule has 0 heterocycles. The zero-order chi connectivity index (χ0) is 18.1. The SMILES string of the molecule is COc1ccc(CCC(=O)N[C@@H](C)COc2ccccc2OC)cc1. The zero-order valence-corrected chi connectivity index (χ0v) is 15.0. The van der Waals surface area contributed by atoms with Crippen LogP contribution < -0.4 is 19.5 Å². The van der Waals surface area contributed by atoms with Crippen LogP contribution in [0.2, 0.25) is 0 Å². The second kappa shape index (κ2) is 9.57. The molecule has 1 N–H and O–H groups in total. The van der Waals surface area contributed by atoms with Gasteiger partial charge in [0.25, 0.3) is 0 Å². The molecule has 1 atom stereocenters. The average Bonchev–Trinajstić information content (AvgIpc) is 2.65. The molecule has 0 unspecified atom stereocenters. The lowest BCUT2D eigenvalue weighted by Gasteiger charge is -2.16. The Morgan fingerprint density at radius 2 is 1.68 bits per heavy atom. The van der Waals surface area contributed by atoms with Crippen LogP contribution in [0.4, 0.5) is 0 Å². The molecule has 0 aliphatic heterocycles. The van der Waals surface area contributed by atoms with Crippen LogP contribution in [0.25, 0.3) is 0 Å². The lowest BCUT2D eigenvalue weighted by Crippen LogP contribution is -2.36. The van der Waals surface area contributed by atoms with Crippen molar-refractivity contribution >= 4 is 5.91 Å². The Kier molecular flexibility index (Phi) is 7.14. The molecule has 134 valence electrons. The fourth-order valence-corrected chi connectivity index (χ4v) is 2.39. The Bertz CT molecular complexity index is 670. The number of hydrogen-bond donors (Lipinski definition) is 1. The lowest BCUT2D eigenvalue weighted by molar-refractivity contribution is -0.121. The fourth-order valence-electron chi connectivity index (χ4n) is 2.39. The lowest BCUT2D eigenvalue weighted by atomic mass is 10.1. The van der Waals surface area contributed by atoms with E-state index in [4.69, 9.17) is 14.2 Å². The van der Waals surface area contributed by atoms with Gasteiger partial charge in [0.1, 0.15) is 12.4 Å². The maximum absolute atomic E-state index is 12.1. The van der Waals surface area contributed by atoms with Crippen molar-refractivity contribution in [1.82, 2.24) is 5.32 Å². The van der Waals surface area contributed by atoms with Gasteiger partial charge in [0, 0.05) is 6.42 Å². The van der Waals surface area contributed by atoms with Gasteiger partial charge in [0.2, 0.25) is 5.91 Å². The van der Waals surface area contributed by atoms with Gasteiger partial charge < -0.3 is 19.5 Å². The van der Waals surface area contributed by atoms with E-state index < -0.39 is 0 Å². The van der Waals surface area contributed by atoms with Gasteiger partial charge in [-0.2, -0.15) is 0 Å². The Hall–Kier alpha value is -2.69. The molecule has 0 radical (unpaired) electrons. The highest BCUT2D eigenvalue weighted by molar-refractivity contribution is 5.76. The Labute approximate surface area is 148 Å². The molecule has 5 heteroatoms. The van der Waals surface area contributed by atoms with Crippen LogP contribution in [0.1, 0.15) is 18.9 Å². The van der Waals surface area contributed by atoms with Gasteiger partial charge in [-0.25, -0.2) is 0 Å². The van der Waals surface area contributed by atoms with Crippen molar-refractivity contribution in [2.75, 3.05) is 20.8 Å². The van der Waals surface area contributed by atoms with Crippen molar-refractivity contribution in [2.24, 2.45) is 0 Å². The van der Waals surface area contributed by atoms with Crippen molar-refractivity contribution < 1.29 is 19.0 Å². The van der Waals surface area contributed by atoms with Crippen molar-refractivity contribution in [2.45, 2.75) is 25.8 Å². The van der Waals surface area contributed by atoms with Crippen LogP contribution >= 0.6 is 0 Å². The van der Waals surface area contributed by atoms with Gasteiger partial charge in [0.15, 0.2) is 11.5 Å². The normalized spacial score (nSPS) is 11.5. The number of ether oxygens (including phenoxy) is 3. The van der Waals surface area contributed by atoms with Gasteiger partial charge in [-0.3, -0.25) is 4.79 Å². The Balaban J connectivity index is 1.73. The summed E-state index contributed by atoms with van der Waals surface area (Å²) < 4.78 is 16.1. The van der Waals surface area contributed by atoms with Crippen LogP contribution in [0.3, 0.4) is 0 Å². The summed E-state index contributed by atoms with van der Waals surface area (Å²) in [4.78, 5) is 12.1. The zero-order valence-electron chi connectivity index (χ0n) is 15.0. The highest BCUT2D eigenvalue weighted by atomic mass is 16.5. The van der Waals surface area contributed by atoms with E-state index in [1.807, 2.05) is 55.5 Å². The molecule has 2 aromatic carbocycles. The summed E-state index contributed by atoms with van der Waals surface area (Å²) in [6, 6.07) is 15.1. The third-order valence-electron chi connectivity index (χ3n) is 3.77. The number of rotatable bonds is 9. The molecule has 25 heavy (non-hydrogen) atoms. The summed E-state index contributed by atoms with van der Waals surface area (Å²) >= 11 is 0. The molecule has 5 nitrogen and oxygen atoms in total. The third kappa shape index (κ3) is 6.03. The summed E-state index contributed by atoms with van der Waals surface area (Å²) in [5, 5.41) is 2.95. The predicted molar refractivity (Wildman–Crippen MR) is 97.4 cm³/mol. The second-order valence-electron chi connectivity index (χ2n) is 5.78. The molecule has 0 fully saturated rings. The minimum atomic E-state index is -0.0896. The monoisotopic (exact) mass is 343 g/mol. The number of nitrogens with one attached hydrogen (secondary N) is 1. The van der Waals surface area contributed by atoms with E-state index in [-0.39, 0.29) is 11.9 Å². The minimum Gasteiger partial charge on any atom is -0.497 e. The first-order chi connectivity index (χ1) is 12.1. The van der Waals surface area contributed by atoms with Gasteiger partial charge in [-0.1, -0.05) is 24.3 Å². The largest absolute Gasteiger partial charge is 0.497 e. The van der Waals surface area contributed by atoms with E-state index in [9.17, 15) is 4.79 Å². The van der Waals surface area contributed by atoms with Gasteiger partial charge >= 0.3 is 0 Å². The predicted octanol–water partition coefficient (Wildman–Crippen LogP) is 3.22. The number of para-hydroxylation sites is 2. The first kappa shape index (κ1) is 18.6. The summed E-state index contributed by atoms with van der Waals surface area (Å²) in [6.45, 7) is 2.30. The molecule has 0 aromatic heterocycles. The quantitative estimate of drug-likeness (QED) is 0.759. The van der Waals surface area contributed by atoms with Crippen molar-refractivity contribution in [1.29, 1.82) is 0 Å². The van der Waals surface area contributed by atoms with E-state index in [0.29, 0.717) is 30.9 Å². The van der Waals surface area contributed by atoms with Crippen LogP contribution in [0.5, 0.6) is 17.2 Å². The number of amides is 1. The molecular formula is C20H25NO4. The van der Waals surface area contributed by atoms with Crippen molar-refractivity contribution in [3.8, 4) is 17.2 Å². The fraction of sp³-hybridized carbons (Fsp3) is 0.350. The van der Waals surface area contributed by atoms with E-state index in [2.05, 4.69) is 5.32 Å². The van der Waals surface area contributed by atoms with Crippen LogP contribution in [-0.4, -0.2) is 32.8 Å². The third-order valence-corrected chi connectivity index (χ3v) is 3.77. The molecule has 0 saturated heterocycles. The molecule has 0 aliphatic rings. The molecule has 0 spiro atoms. The van der Waals surface area contributed by atoms with E-state index in [1.165, 1.54) is 0 Å². The summed E-state index contributed by atoms with van der Waals surface area (Å²) in [5.74, 6) is 2.17. The number of carbonyl (C=O) groups is 1. The topological polar surface area (TPSA) is 56.8 Å². The average molecular weight is 343 g/mol. The molecule has 0 aliphatic carbocycles. The summed E-state index contributed by atoms with van der Waals surface area (Å²) in [6.07, 6.45) is 1.13. The van der Waals surface area contributed by atoms with Crippen molar-refractivity contribution in [3.63, 3.8) is 0 Å². The number of benzene rings is 2. The summed E-state index contributed by atoms with van der Waals surface area (Å²) in [7, 11) is 3.24.